The largest absolute Gasteiger partial charge is 0.507 e. The van der Waals surface area contributed by atoms with E-state index in [0.717, 1.165) is 0 Å². The van der Waals surface area contributed by atoms with Gasteiger partial charge in [-0.05, 0) is 54.8 Å². The summed E-state index contributed by atoms with van der Waals surface area (Å²) in [7, 11) is 4.51. The Kier molecular flexibility index (Phi) is 7.05. The molecular formula is C24H27NO7. The van der Waals surface area contributed by atoms with Crippen molar-refractivity contribution < 1.29 is 34.0 Å². The third-order valence-corrected chi connectivity index (χ3v) is 5.50. The number of benzene rings is 2. The summed E-state index contributed by atoms with van der Waals surface area (Å²) in [6, 6.07) is 8.81. The first-order valence-electron chi connectivity index (χ1n) is 10.1. The number of phenols is 1. The Hall–Kier alpha value is -3.52. The zero-order valence-electron chi connectivity index (χ0n) is 18.5. The zero-order valence-corrected chi connectivity index (χ0v) is 18.5. The molecule has 0 bridgehead atoms. The van der Waals surface area contributed by atoms with Gasteiger partial charge in [-0.2, -0.15) is 0 Å². The predicted molar refractivity (Wildman–Crippen MR) is 118 cm³/mol. The number of Topliss-reactive ketones (excluding diaryl/α,β-unsaturated/α-hetero) is 1. The van der Waals surface area contributed by atoms with Crippen LogP contribution in [-0.2, 0) is 14.3 Å². The van der Waals surface area contributed by atoms with E-state index in [9.17, 15) is 19.8 Å². The number of hydrogen-bond donors (Lipinski definition) is 2. The van der Waals surface area contributed by atoms with E-state index in [4.69, 9.17) is 14.2 Å². The van der Waals surface area contributed by atoms with Crippen molar-refractivity contribution in [2.24, 2.45) is 0 Å². The summed E-state index contributed by atoms with van der Waals surface area (Å²) in [5, 5.41) is 21.2. The van der Waals surface area contributed by atoms with E-state index in [0.29, 0.717) is 35.5 Å². The molecule has 8 heteroatoms. The number of ketones is 1. The summed E-state index contributed by atoms with van der Waals surface area (Å²) in [6.07, 6.45) is 0.511. The van der Waals surface area contributed by atoms with Gasteiger partial charge in [-0.25, -0.2) is 0 Å². The van der Waals surface area contributed by atoms with Gasteiger partial charge in [-0.1, -0.05) is 6.07 Å². The number of rotatable bonds is 8. The van der Waals surface area contributed by atoms with Crippen LogP contribution in [0.25, 0.3) is 5.76 Å². The van der Waals surface area contributed by atoms with Crippen LogP contribution in [0, 0.1) is 6.92 Å². The Bertz CT molecular complexity index is 1060. The number of amides is 1. The number of aliphatic hydroxyl groups is 1. The second-order valence-corrected chi connectivity index (χ2v) is 7.45. The Morgan fingerprint density at radius 2 is 1.81 bits per heavy atom. The molecule has 32 heavy (non-hydrogen) atoms. The lowest BCUT2D eigenvalue weighted by Crippen LogP contribution is -2.31. The van der Waals surface area contributed by atoms with Crippen LogP contribution in [0.1, 0.15) is 29.2 Å². The summed E-state index contributed by atoms with van der Waals surface area (Å²) >= 11 is 0. The SMILES string of the molecule is COCCCN1C(=O)C(=O)/C(=C(/O)c2ccc(OC)cc2C)[C@@H]1c1ccc(O)c(OC)c1. The summed E-state index contributed by atoms with van der Waals surface area (Å²) in [4.78, 5) is 27.4. The maximum Gasteiger partial charge on any atom is 0.295 e. The molecule has 0 spiro atoms. The minimum absolute atomic E-state index is 0.0200. The van der Waals surface area contributed by atoms with Gasteiger partial charge in [0.25, 0.3) is 11.7 Å². The number of carbonyl (C=O) groups is 2. The molecule has 1 atom stereocenters. The van der Waals surface area contributed by atoms with E-state index in [-0.39, 0.29) is 29.4 Å². The Morgan fingerprint density at radius 3 is 2.44 bits per heavy atom. The zero-order chi connectivity index (χ0) is 23.4. The molecule has 1 aliphatic heterocycles. The monoisotopic (exact) mass is 441 g/mol. The molecule has 1 fully saturated rings. The number of aliphatic hydroxyl groups excluding tert-OH is 1. The van der Waals surface area contributed by atoms with Crippen LogP contribution in [0.4, 0.5) is 0 Å². The summed E-state index contributed by atoms with van der Waals surface area (Å²) in [5.74, 6) is -1.00. The molecule has 1 heterocycles. The molecule has 0 unspecified atom stereocenters. The van der Waals surface area contributed by atoms with E-state index in [1.807, 2.05) is 0 Å². The van der Waals surface area contributed by atoms with Crippen molar-refractivity contribution in [3.05, 3.63) is 58.7 Å². The number of ether oxygens (including phenoxy) is 3. The average molecular weight is 441 g/mol. The second-order valence-electron chi connectivity index (χ2n) is 7.45. The molecule has 0 aliphatic carbocycles. The van der Waals surface area contributed by atoms with E-state index < -0.39 is 17.7 Å². The van der Waals surface area contributed by atoms with E-state index in [1.165, 1.54) is 25.2 Å². The molecule has 1 aliphatic rings. The Balaban J connectivity index is 2.18. The number of nitrogens with zero attached hydrogens (tertiary/aromatic N) is 1. The van der Waals surface area contributed by atoms with Gasteiger partial charge in [0.1, 0.15) is 11.5 Å². The van der Waals surface area contributed by atoms with Gasteiger partial charge in [-0.3, -0.25) is 9.59 Å². The van der Waals surface area contributed by atoms with Crippen molar-refractivity contribution >= 4 is 17.4 Å². The maximum absolute atomic E-state index is 13.1. The van der Waals surface area contributed by atoms with Crippen LogP contribution in [0.2, 0.25) is 0 Å². The lowest BCUT2D eigenvalue weighted by atomic mass is 9.93. The molecule has 1 saturated heterocycles. The van der Waals surface area contributed by atoms with Gasteiger partial charge >= 0.3 is 0 Å². The smallest absolute Gasteiger partial charge is 0.295 e. The van der Waals surface area contributed by atoms with Gasteiger partial charge in [0.05, 0.1) is 25.8 Å². The van der Waals surface area contributed by atoms with Crippen LogP contribution in [0.5, 0.6) is 17.2 Å². The van der Waals surface area contributed by atoms with Gasteiger partial charge in [-0.15, -0.1) is 0 Å². The standard InChI is InChI=1S/C24H27NO7/c1-14-12-16(31-3)7-8-17(14)22(27)20-21(15-6-9-18(26)19(13-15)32-4)25(10-5-11-30-2)24(29)23(20)28/h6-9,12-13,21,26-27H,5,10-11H2,1-4H3/b22-20+/t21-/m0/s1. The van der Waals surface area contributed by atoms with Crippen molar-refractivity contribution in [1.82, 2.24) is 4.90 Å². The van der Waals surface area contributed by atoms with Crippen molar-refractivity contribution in [3.63, 3.8) is 0 Å². The summed E-state index contributed by atoms with van der Waals surface area (Å²) < 4.78 is 15.5. The molecule has 2 aromatic carbocycles. The number of hydrogen-bond acceptors (Lipinski definition) is 7. The van der Waals surface area contributed by atoms with Gasteiger partial charge in [0, 0.05) is 25.8 Å². The number of carbonyl (C=O) groups excluding carboxylic acids is 2. The Labute approximate surface area is 186 Å². The number of methoxy groups -OCH3 is 3. The Morgan fingerprint density at radius 1 is 1.06 bits per heavy atom. The number of likely N-dealkylation sites (tertiary alicyclic amines) is 1. The topological polar surface area (TPSA) is 106 Å². The highest BCUT2D eigenvalue weighted by molar-refractivity contribution is 6.46. The molecule has 1 amide bonds. The third kappa shape index (κ3) is 4.27. The van der Waals surface area contributed by atoms with Crippen LogP contribution < -0.4 is 9.47 Å². The predicted octanol–water partition coefficient (Wildman–Crippen LogP) is 3.18. The van der Waals surface area contributed by atoms with E-state index >= 15 is 0 Å². The first kappa shape index (κ1) is 23.1. The van der Waals surface area contributed by atoms with E-state index in [1.54, 1.807) is 44.4 Å². The fourth-order valence-corrected chi connectivity index (χ4v) is 3.87. The van der Waals surface area contributed by atoms with Crippen LogP contribution in [0.3, 0.4) is 0 Å². The van der Waals surface area contributed by atoms with Crippen LogP contribution >= 0.6 is 0 Å². The number of phenolic OH excluding ortho intramolecular Hbond substituents is 1. The van der Waals surface area contributed by atoms with Crippen molar-refractivity contribution in [1.29, 1.82) is 0 Å². The fourth-order valence-electron chi connectivity index (χ4n) is 3.87. The van der Waals surface area contributed by atoms with E-state index in [2.05, 4.69) is 0 Å². The lowest BCUT2D eigenvalue weighted by molar-refractivity contribution is -0.140. The third-order valence-electron chi connectivity index (χ3n) is 5.50. The molecule has 8 nitrogen and oxygen atoms in total. The van der Waals surface area contributed by atoms with Crippen LogP contribution in [0.15, 0.2) is 42.0 Å². The highest BCUT2D eigenvalue weighted by atomic mass is 16.5. The molecule has 2 aromatic rings. The van der Waals surface area contributed by atoms with Crippen molar-refractivity contribution in [2.45, 2.75) is 19.4 Å². The first-order valence-corrected chi connectivity index (χ1v) is 10.1. The van der Waals surface area contributed by atoms with Gasteiger partial charge in [0.15, 0.2) is 11.5 Å². The van der Waals surface area contributed by atoms with Crippen molar-refractivity contribution in [2.75, 3.05) is 34.5 Å². The molecular weight excluding hydrogens is 414 g/mol. The summed E-state index contributed by atoms with van der Waals surface area (Å²) in [6.45, 7) is 2.45. The number of aromatic hydroxyl groups is 1. The number of aryl methyl sites for hydroxylation is 1. The summed E-state index contributed by atoms with van der Waals surface area (Å²) in [5.41, 5.74) is 1.63. The highest BCUT2D eigenvalue weighted by Crippen LogP contribution is 2.42. The minimum atomic E-state index is -0.845. The molecule has 3 rings (SSSR count). The normalized spacial score (nSPS) is 17.6. The fraction of sp³-hybridized carbons (Fsp3) is 0.333. The first-order chi connectivity index (χ1) is 15.3. The van der Waals surface area contributed by atoms with Crippen molar-refractivity contribution in [3.8, 4) is 17.2 Å². The lowest BCUT2D eigenvalue weighted by Gasteiger charge is -2.26. The molecule has 0 aromatic heterocycles. The van der Waals surface area contributed by atoms with Crippen LogP contribution in [-0.4, -0.2) is 61.3 Å². The minimum Gasteiger partial charge on any atom is -0.507 e. The molecule has 170 valence electrons. The highest BCUT2D eigenvalue weighted by Gasteiger charge is 2.46. The average Bonchev–Trinajstić information content (AvgIpc) is 3.04. The molecule has 2 N–H and O–H groups in total. The quantitative estimate of drug-likeness (QED) is 0.281. The second kappa shape index (κ2) is 9.74. The van der Waals surface area contributed by atoms with Gasteiger partial charge in [0.2, 0.25) is 0 Å². The molecule has 0 saturated carbocycles. The molecule has 0 radical (unpaired) electrons. The maximum atomic E-state index is 13.1. The van der Waals surface area contributed by atoms with Gasteiger partial charge < -0.3 is 29.3 Å².